The number of halogens is 1. The van der Waals surface area contributed by atoms with Crippen LogP contribution in [0.25, 0.3) is 0 Å². The lowest BCUT2D eigenvalue weighted by Gasteiger charge is -2.36. The number of nitrogens with zero attached hydrogens (tertiary/aromatic N) is 2. The van der Waals surface area contributed by atoms with Gasteiger partial charge in [0, 0.05) is 28.8 Å². The third kappa shape index (κ3) is 2.84. The van der Waals surface area contributed by atoms with E-state index >= 15 is 0 Å². The molecule has 1 aromatic carbocycles. The Labute approximate surface area is 129 Å². The van der Waals surface area contributed by atoms with E-state index in [4.69, 9.17) is 5.26 Å². The fourth-order valence-electron chi connectivity index (χ4n) is 3.71. The largest absolute Gasteiger partial charge is 0.385 e. The molecule has 2 fully saturated rings. The molecule has 2 saturated heterocycles. The van der Waals surface area contributed by atoms with E-state index in [2.05, 4.69) is 39.3 Å². The summed E-state index contributed by atoms with van der Waals surface area (Å²) in [6.45, 7) is 1.02. The lowest BCUT2D eigenvalue weighted by molar-refractivity contribution is 0.139. The van der Waals surface area contributed by atoms with Gasteiger partial charge in [0.2, 0.25) is 0 Å². The zero-order valence-electron chi connectivity index (χ0n) is 11.8. The maximum atomic E-state index is 9.01. The second kappa shape index (κ2) is 5.75. The van der Waals surface area contributed by atoms with Gasteiger partial charge >= 0.3 is 0 Å². The van der Waals surface area contributed by atoms with Crippen LogP contribution in [-0.2, 0) is 0 Å². The summed E-state index contributed by atoms with van der Waals surface area (Å²) in [5.41, 5.74) is 1.74. The summed E-state index contributed by atoms with van der Waals surface area (Å²) in [6.07, 6.45) is 5.35. The number of nitriles is 1. The first-order valence-electron chi connectivity index (χ1n) is 7.32. The van der Waals surface area contributed by atoms with Gasteiger partial charge < -0.3 is 10.2 Å². The van der Waals surface area contributed by atoms with Crippen molar-refractivity contribution in [1.29, 1.82) is 5.26 Å². The lowest BCUT2D eigenvalue weighted by atomic mass is 9.91. The Balaban J connectivity index is 1.60. The first-order valence-corrected chi connectivity index (χ1v) is 8.11. The van der Waals surface area contributed by atoms with E-state index in [1.165, 1.54) is 25.7 Å². The van der Waals surface area contributed by atoms with Gasteiger partial charge in [-0.25, -0.2) is 0 Å². The standard InChI is InChI=1S/C16H20BrN3/c1-20-15-2-3-16(20)7-12(6-15)10-19-14-5-11(9-18)4-13(17)8-14/h4-5,8,12,15-16,19H,2-3,6-7,10H2,1H3. The molecule has 2 atom stereocenters. The van der Waals surface area contributed by atoms with Crippen LogP contribution >= 0.6 is 15.9 Å². The number of nitrogens with one attached hydrogen (secondary N) is 1. The molecule has 3 rings (SSSR count). The van der Waals surface area contributed by atoms with Crippen molar-refractivity contribution >= 4 is 21.6 Å². The molecule has 2 bridgehead atoms. The van der Waals surface area contributed by atoms with E-state index < -0.39 is 0 Å². The summed E-state index contributed by atoms with van der Waals surface area (Å²) in [5, 5.41) is 12.5. The van der Waals surface area contributed by atoms with Gasteiger partial charge in [0.05, 0.1) is 11.6 Å². The minimum absolute atomic E-state index is 0.699. The number of rotatable bonds is 3. The maximum Gasteiger partial charge on any atom is 0.0992 e. The fourth-order valence-corrected chi connectivity index (χ4v) is 4.20. The summed E-state index contributed by atoms with van der Waals surface area (Å²) < 4.78 is 0.961. The van der Waals surface area contributed by atoms with Crippen molar-refractivity contribution in [2.45, 2.75) is 37.8 Å². The van der Waals surface area contributed by atoms with E-state index in [1.54, 1.807) is 0 Å². The van der Waals surface area contributed by atoms with Crippen molar-refractivity contribution in [2.24, 2.45) is 5.92 Å². The summed E-state index contributed by atoms with van der Waals surface area (Å²) in [5.74, 6) is 0.758. The fraction of sp³-hybridized carbons (Fsp3) is 0.562. The van der Waals surface area contributed by atoms with Gasteiger partial charge in [-0.05, 0) is 56.8 Å². The molecule has 2 heterocycles. The molecule has 0 spiro atoms. The maximum absolute atomic E-state index is 9.01. The van der Waals surface area contributed by atoms with Crippen LogP contribution in [0.4, 0.5) is 5.69 Å². The molecule has 0 radical (unpaired) electrons. The van der Waals surface area contributed by atoms with Crippen LogP contribution < -0.4 is 5.32 Å². The molecule has 0 amide bonds. The van der Waals surface area contributed by atoms with E-state index in [1.807, 2.05) is 18.2 Å². The van der Waals surface area contributed by atoms with E-state index in [0.717, 1.165) is 34.7 Å². The summed E-state index contributed by atoms with van der Waals surface area (Å²) >= 11 is 3.46. The quantitative estimate of drug-likeness (QED) is 0.918. The smallest absolute Gasteiger partial charge is 0.0992 e. The van der Waals surface area contributed by atoms with E-state index in [9.17, 15) is 0 Å². The first kappa shape index (κ1) is 13.9. The normalized spacial score (nSPS) is 29.1. The molecular weight excluding hydrogens is 314 g/mol. The summed E-state index contributed by atoms with van der Waals surface area (Å²) in [4.78, 5) is 2.57. The van der Waals surface area contributed by atoms with Crippen LogP contribution in [0.2, 0.25) is 0 Å². The number of hydrogen-bond donors (Lipinski definition) is 1. The predicted octanol–water partition coefficient (Wildman–Crippen LogP) is 3.61. The van der Waals surface area contributed by atoms with Gasteiger partial charge in [0.15, 0.2) is 0 Å². The van der Waals surface area contributed by atoms with Crippen molar-refractivity contribution in [3.63, 3.8) is 0 Å². The minimum atomic E-state index is 0.699. The highest BCUT2D eigenvalue weighted by molar-refractivity contribution is 9.10. The van der Waals surface area contributed by atoms with Crippen LogP contribution in [0.5, 0.6) is 0 Å². The monoisotopic (exact) mass is 333 g/mol. The second-order valence-corrected chi connectivity index (χ2v) is 7.02. The average molecular weight is 334 g/mol. The molecule has 2 aliphatic rings. The van der Waals surface area contributed by atoms with Crippen LogP contribution in [0.1, 0.15) is 31.2 Å². The Morgan fingerprint density at radius 3 is 2.65 bits per heavy atom. The number of anilines is 1. The Morgan fingerprint density at radius 2 is 2.00 bits per heavy atom. The SMILES string of the molecule is CN1C2CCC1CC(CNc1cc(Br)cc(C#N)c1)C2. The summed E-state index contributed by atoms with van der Waals surface area (Å²) in [7, 11) is 2.28. The zero-order chi connectivity index (χ0) is 14.1. The molecule has 2 aliphatic heterocycles. The third-order valence-corrected chi connectivity index (χ3v) is 5.28. The highest BCUT2D eigenvalue weighted by atomic mass is 79.9. The predicted molar refractivity (Wildman–Crippen MR) is 84.6 cm³/mol. The average Bonchev–Trinajstić information content (AvgIpc) is 2.66. The minimum Gasteiger partial charge on any atom is -0.385 e. The van der Waals surface area contributed by atoms with Crippen LogP contribution in [-0.4, -0.2) is 30.6 Å². The molecule has 106 valence electrons. The Hall–Kier alpha value is -1.05. The van der Waals surface area contributed by atoms with Gasteiger partial charge in [-0.15, -0.1) is 0 Å². The summed E-state index contributed by atoms with van der Waals surface area (Å²) in [6, 6.07) is 9.60. The van der Waals surface area contributed by atoms with Gasteiger partial charge in [0.25, 0.3) is 0 Å². The zero-order valence-corrected chi connectivity index (χ0v) is 13.4. The van der Waals surface area contributed by atoms with Crippen molar-refractivity contribution in [1.82, 2.24) is 4.90 Å². The van der Waals surface area contributed by atoms with Crippen LogP contribution in [0, 0.1) is 17.2 Å². The van der Waals surface area contributed by atoms with Gasteiger partial charge in [-0.2, -0.15) is 5.26 Å². The van der Waals surface area contributed by atoms with Crippen molar-refractivity contribution in [3.05, 3.63) is 28.2 Å². The topological polar surface area (TPSA) is 39.1 Å². The van der Waals surface area contributed by atoms with Crippen LogP contribution in [0.15, 0.2) is 22.7 Å². The van der Waals surface area contributed by atoms with Gasteiger partial charge in [-0.1, -0.05) is 15.9 Å². The van der Waals surface area contributed by atoms with Crippen molar-refractivity contribution in [2.75, 3.05) is 18.9 Å². The molecule has 20 heavy (non-hydrogen) atoms. The highest BCUT2D eigenvalue weighted by Gasteiger charge is 2.38. The van der Waals surface area contributed by atoms with Crippen molar-refractivity contribution in [3.8, 4) is 6.07 Å². The molecule has 4 heteroatoms. The molecule has 0 aliphatic carbocycles. The molecule has 0 saturated carbocycles. The van der Waals surface area contributed by atoms with E-state index in [0.29, 0.717) is 5.56 Å². The number of benzene rings is 1. The Bertz CT molecular complexity index is 523. The first-order chi connectivity index (χ1) is 9.65. The number of fused-ring (bicyclic) bond motifs is 2. The number of hydrogen-bond acceptors (Lipinski definition) is 3. The Morgan fingerprint density at radius 1 is 1.30 bits per heavy atom. The van der Waals surface area contributed by atoms with E-state index in [-0.39, 0.29) is 0 Å². The molecule has 2 unspecified atom stereocenters. The molecular formula is C16H20BrN3. The van der Waals surface area contributed by atoms with Crippen LogP contribution in [0.3, 0.4) is 0 Å². The van der Waals surface area contributed by atoms with Gasteiger partial charge in [0.1, 0.15) is 0 Å². The van der Waals surface area contributed by atoms with Crippen molar-refractivity contribution < 1.29 is 0 Å². The van der Waals surface area contributed by atoms with Gasteiger partial charge in [-0.3, -0.25) is 0 Å². The molecule has 0 aromatic heterocycles. The molecule has 3 nitrogen and oxygen atoms in total. The third-order valence-electron chi connectivity index (χ3n) is 4.82. The second-order valence-electron chi connectivity index (χ2n) is 6.11. The molecule has 1 N–H and O–H groups in total. The Kier molecular flexibility index (Phi) is 4.00. The number of piperidine rings is 1. The highest BCUT2D eigenvalue weighted by Crippen LogP contribution is 2.37. The lowest BCUT2D eigenvalue weighted by Crippen LogP contribution is -2.41. The molecule has 1 aromatic rings.